The second kappa shape index (κ2) is 4.94. The third-order valence-corrected chi connectivity index (χ3v) is 1.49. The maximum atomic E-state index is 11.2. The predicted octanol–water partition coefficient (Wildman–Crippen LogP) is 1.68. The van der Waals surface area contributed by atoms with Gasteiger partial charge in [-0.2, -0.15) is 0 Å². The van der Waals surface area contributed by atoms with Crippen molar-refractivity contribution in [2.24, 2.45) is 5.92 Å². The van der Waals surface area contributed by atoms with Gasteiger partial charge in [0.15, 0.2) is 0 Å². The van der Waals surface area contributed by atoms with Crippen molar-refractivity contribution < 1.29 is 4.79 Å². The zero-order valence-electron chi connectivity index (χ0n) is 7.79. The van der Waals surface area contributed by atoms with Crippen molar-refractivity contribution in [2.75, 3.05) is 14.1 Å². The summed E-state index contributed by atoms with van der Waals surface area (Å²) in [6.07, 6.45) is 4.96. The molecule has 0 aromatic carbocycles. The average Bonchev–Trinajstić information content (AvgIpc) is 1.98. The summed E-state index contributed by atoms with van der Waals surface area (Å²) >= 11 is 0. The van der Waals surface area contributed by atoms with Crippen LogP contribution in [-0.4, -0.2) is 24.9 Å². The molecule has 1 atom stereocenters. The SMILES string of the molecule is CC/C=C/C(C)C(=O)N(C)C. The maximum absolute atomic E-state index is 11.2. The maximum Gasteiger partial charge on any atom is 0.228 e. The largest absolute Gasteiger partial charge is 0.348 e. The van der Waals surface area contributed by atoms with E-state index >= 15 is 0 Å². The lowest BCUT2D eigenvalue weighted by atomic mass is 10.1. The Morgan fingerprint density at radius 1 is 1.55 bits per heavy atom. The Balaban J connectivity index is 3.93. The number of rotatable bonds is 3. The Bertz CT molecular complexity index is 150. The fraction of sp³-hybridized carbons (Fsp3) is 0.667. The molecule has 1 unspecified atom stereocenters. The summed E-state index contributed by atoms with van der Waals surface area (Å²) in [6.45, 7) is 3.97. The molecule has 0 bridgehead atoms. The van der Waals surface area contributed by atoms with Crippen LogP contribution in [0.3, 0.4) is 0 Å². The number of carbonyl (C=O) groups excluding carboxylic acids is 1. The summed E-state index contributed by atoms with van der Waals surface area (Å²) < 4.78 is 0. The fourth-order valence-corrected chi connectivity index (χ4v) is 0.830. The standard InChI is InChI=1S/C9H17NO/c1-5-6-7-8(2)9(11)10(3)4/h6-8H,5H2,1-4H3/b7-6+. The van der Waals surface area contributed by atoms with Gasteiger partial charge in [-0.3, -0.25) is 4.79 Å². The third-order valence-electron chi connectivity index (χ3n) is 1.49. The van der Waals surface area contributed by atoms with Crippen LogP contribution in [-0.2, 0) is 4.79 Å². The van der Waals surface area contributed by atoms with E-state index in [-0.39, 0.29) is 11.8 Å². The van der Waals surface area contributed by atoms with E-state index in [2.05, 4.69) is 6.92 Å². The molecule has 0 aromatic heterocycles. The highest BCUT2D eigenvalue weighted by Gasteiger charge is 2.09. The normalized spacial score (nSPS) is 13.5. The molecule has 2 heteroatoms. The van der Waals surface area contributed by atoms with Crippen LogP contribution >= 0.6 is 0 Å². The summed E-state index contributed by atoms with van der Waals surface area (Å²) in [5.41, 5.74) is 0. The van der Waals surface area contributed by atoms with Crippen LogP contribution in [0, 0.1) is 5.92 Å². The van der Waals surface area contributed by atoms with Crippen molar-refractivity contribution in [2.45, 2.75) is 20.3 Å². The summed E-state index contributed by atoms with van der Waals surface area (Å²) in [5, 5.41) is 0. The average molecular weight is 155 g/mol. The van der Waals surface area contributed by atoms with E-state index in [1.54, 1.807) is 19.0 Å². The molecule has 11 heavy (non-hydrogen) atoms. The van der Waals surface area contributed by atoms with Crippen molar-refractivity contribution in [1.82, 2.24) is 4.90 Å². The van der Waals surface area contributed by atoms with Crippen LogP contribution < -0.4 is 0 Å². The van der Waals surface area contributed by atoms with Gasteiger partial charge in [-0.25, -0.2) is 0 Å². The number of carbonyl (C=O) groups is 1. The highest BCUT2D eigenvalue weighted by molar-refractivity contribution is 5.79. The van der Waals surface area contributed by atoms with Crippen LogP contribution in [0.1, 0.15) is 20.3 Å². The van der Waals surface area contributed by atoms with Crippen LogP contribution in [0.15, 0.2) is 12.2 Å². The van der Waals surface area contributed by atoms with E-state index in [9.17, 15) is 4.79 Å². The minimum atomic E-state index is 0.0185. The quantitative estimate of drug-likeness (QED) is 0.568. The van der Waals surface area contributed by atoms with Gasteiger partial charge >= 0.3 is 0 Å². The smallest absolute Gasteiger partial charge is 0.228 e. The van der Waals surface area contributed by atoms with Crippen molar-refractivity contribution in [1.29, 1.82) is 0 Å². The van der Waals surface area contributed by atoms with Gasteiger partial charge in [-0.05, 0) is 6.42 Å². The fourth-order valence-electron chi connectivity index (χ4n) is 0.830. The Kier molecular flexibility index (Phi) is 4.59. The first-order valence-electron chi connectivity index (χ1n) is 3.97. The summed E-state index contributed by atoms with van der Waals surface area (Å²) in [4.78, 5) is 12.8. The Morgan fingerprint density at radius 3 is 2.45 bits per heavy atom. The molecule has 0 aliphatic carbocycles. The molecule has 0 spiro atoms. The molecule has 0 N–H and O–H groups in total. The van der Waals surface area contributed by atoms with Gasteiger partial charge in [0.05, 0.1) is 5.92 Å². The molecule has 0 rings (SSSR count). The van der Waals surface area contributed by atoms with E-state index in [1.165, 1.54) is 0 Å². The molecule has 0 saturated carbocycles. The highest BCUT2D eigenvalue weighted by Crippen LogP contribution is 2.01. The molecule has 1 amide bonds. The van der Waals surface area contributed by atoms with Crippen molar-refractivity contribution in [3.05, 3.63) is 12.2 Å². The second-order valence-electron chi connectivity index (χ2n) is 2.86. The van der Waals surface area contributed by atoms with Crippen LogP contribution in [0.25, 0.3) is 0 Å². The van der Waals surface area contributed by atoms with E-state index in [0.29, 0.717) is 0 Å². The molecule has 0 heterocycles. The molecular weight excluding hydrogens is 138 g/mol. The van der Waals surface area contributed by atoms with Gasteiger partial charge in [0.25, 0.3) is 0 Å². The van der Waals surface area contributed by atoms with Crippen LogP contribution in [0.5, 0.6) is 0 Å². The number of allylic oxidation sites excluding steroid dienone is 1. The molecular formula is C9H17NO. The van der Waals surface area contributed by atoms with Crippen LogP contribution in [0.2, 0.25) is 0 Å². The zero-order chi connectivity index (χ0) is 8.85. The lowest BCUT2D eigenvalue weighted by Crippen LogP contribution is -2.26. The minimum Gasteiger partial charge on any atom is -0.348 e. The van der Waals surface area contributed by atoms with Gasteiger partial charge in [0.2, 0.25) is 5.91 Å². The number of hydrogen-bond acceptors (Lipinski definition) is 1. The molecule has 0 aliphatic rings. The summed E-state index contributed by atoms with van der Waals surface area (Å²) in [6, 6.07) is 0. The van der Waals surface area contributed by atoms with E-state index in [1.807, 2.05) is 19.1 Å². The summed E-state index contributed by atoms with van der Waals surface area (Å²) in [7, 11) is 3.55. The van der Waals surface area contributed by atoms with Crippen molar-refractivity contribution >= 4 is 5.91 Å². The first-order valence-corrected chi connectivity index (χ1v) is 3.97. The van der Waals surface area contributed by atoms with Gasteiger partial charge < -0.3 is 4.90 Å². The molecule has 0 aromatic rings. The first-order chi connectivity index (χ1) is 5.09. The van der Waals surface area contributed by atoms with Crippen molar-refractivity contribution in [3.63, 3.8) is 0 Å². The minimum absolute atomic E-state index is 0.0185. The lowest BCUT2D eigenvalue weighted by molar-refractivity contribution is -0.130. The van der Waals surface area contributed by atoms with Gasteiger partial charge in [0.1, 0.15) is 0 Å². The van der Waals surface area contributed by atoms with Crippen LogP contribution in [0.4, 0.5) is 0 Å². The molecule has 0 radical (unpaired) electrons. The highest BCUT2D eigenvalue weighted by atomic mass is 16.2. The lowest BCUT2D eigenvalue weighted by Gasteiger charge is -2.13. The third kappa shape index (κ3) is 3.81. The first kappa shape index (κ1) is 10.2. The Labute approximate surface area is 68.9 Å². The Hall–Kier alpha value is -0.790. The summed E-state index contributed by atoms with van der Waals surface area (Å²) in [5.74, 6) is 0.180. The monoisotopic (exact) mass is 155 g/mol. The molecule has 0 fully saturated rings. The number of hydrogen-bond donors (Lipinski definition) is 0. The van der Waals surface area contributed by atoms with Crippen molar-refractivity contribution in [3.8, 4) is 0 Å². The van der Waals surface area contributed by atoms with E-state index < -0.39 is 0 Å². The zero-order valence-corrected chi connectivity index (χ0v) is 7.79. The van der Waals surface area contributed by atoms with E-state index in [0.717, 1.165) is 6.42 Å². The molecule has 0 aliphatic heterocycles. The number of amides is 1. The molecule has 64 valence electrons. The molecule has 2 nitrogen and oxygen atoms in total. The number of nitrogens with zero attached hydrogens (tertiary/aromatic N) is 1. The predicted molar refractivity (Wildman–Crippen MR) is 47.3 cm³/mol. The topological polar surface area (TPSA) is 20.3 Å². The van der Waals surface area contributed by atoms with Gasteiger partial charge in [0, 0.05) is 14.1 Å². The van der Waals surface area contributed by atoms with E-state index in [4.69, 9.17) is 0 Å². The molecule has 0 saturated heterocycles. The second-order valence-corrected chi connectivity index (χ2v) is 2.86. The Morgan fingerprint density at radius 2 is 2.09 bits per heavy atom. The van der Waals surface area contributed by atoms with Gasteiger partial charge in [-0.1, -0.05) is 26.0 Å². The van der Waals surface area contributed by atoms with Gasteiger partial charge in [-0.15, -0.1) is 0 Å².